The summed E-state index contributed by atoms with van der Waals surface area (Å²) in [4.78, 5) is 0. The third kappa shape index (κ3) is 2.07. The molecule has 0 fully saturated rings. The van der Waals surface area contributed by atoms with Crippen LogP contribution in [0.1, 0.15) is 36.6 Å². The van der Waals surface area contributed by atoms with Crippen molar-refractivity contribution in [3.8, 4) is 6.07 Å². The van der Waals surface area contributed by atoms with Crippen LogP contribution in [0.15, 0.2) is 18.2 Å². The van der Waals surface area contributed by atoms with Crippen molar-refractivity contribution in [1.29, 1.82) is 5.26 Å². The van der Waals surface area contributed by atoms with Crippen LogP contribution in [0.2, 0.25) is 0 Å². The normalized spacial score (nSPS) is 12.2. The van der Waals surface area contributed by atoms with E-state index < -0.39 is 6.10 Å². The van der Waals surface area contributed by atoms with Gasteiger partial charge in [-0.05, 0) is 36.6 Å². The Morgan fingerprint density at radius 1 is 1.54 bits per heavy atom. The minimum atomic E-state index is -0.456. The SMILES string of the molecule is CCc1cc(C#N)ccc1[C@H](C)O. The van der Waals surface area contributed by atoms with Crippen molar-refractivity contribution in [2.24, 2.45) is 0 Å². The summed E-state index contributed by atoms with van der Waals surface area (Å²) in [6, 6.07) is 7.48. The third-order valence-corrected chi connectivity index (χ3v) is 2.10. The zero-order valence-electron chi connectivity index (χ0n) is 7.91. The molecule has 0 saturated heterocycles. The molecule has 0 unspecified atom stereocenters. The molecule has 0 saturated carbocycles. The van der Waals surface area contributed by atoms with Gasteiger partial charge in [-0.3, -0.25) is 0 Å². The van der Waals surface area contributed by atoms with Gasteiger partial charge in [0.25, 0.3) is 0 Å². The van der Waals surface area contributed by atoms with Crippen LogP contribution in [0.3, 0.4) is 0 Å². The largest absolute Gasteiger partial charge is 0.389 e. The molecule has 0 aliphatic heterocycles. The molecule has 0 aromatic heterocycles. The lowest BCUT2D eigenvalue weighted by atomic mass is 9.99. The minimum Gasteiger partial charge on any atom is -0.389 e. The highest BCUT2D eigenvalue weighted by atomic mass is 16.3. The molecule has 1 rings (SSSR count). The fourth-order valence-electron chi connectivity index (χ4n) is 1.39. The van der Waals surface area contributed by atoms with E-state index in [1.807, 2.05) is 19.1 Å². The first-order valence-electron chi connectivity index (χ1n) is 4.40. The first kappa shape index (κ1) is 9.76. The molecule has 13 heavy (non-hydrogen) atoms. The van der Waals surface area contributed by atoms with Crippen molar-refractivity contribution < 1.29 is 5.11 Å². The summed E-state index contributed by atoms with van der Waals surface area (Å²) in [6.45, 7) is 3.75. The molecule has 0 aliphatic carbocycles. The van der Waals surface area contributed by atoms with E-state index in [1.165, 1.54) is 0 Å². The minimum absolute atomic E-state index is 0.456. The van der Waals surface area contributed by atoms with Gasteiger partial charge < -0.3 is 5.11 Å². The quantitative estimate of drug-likeness (QED) is 0.748. The average molecular weight is 175 g/mol. The summed E-state index contributed by atoms with van der Waals surface area (Å²) in [7, 11) is 0. The number of nitriles is 1. The number of benzene rings is 1. The van der Waals surface area contributed by atoms with E-state index in [2.05, 4.69) is 6.07 Å². The van der Waals surface area contributed by atoms with Crippen LogP contribution < -0.4 is 0 Å². The monoisotopic (exact) mass is 175 g/mol. The smallest absolute Gasteiger partial charge is 0.0991 e. The van der Waals surface area contributed by atoms with Crippen molar-refractivity contribution in [2.75, 3.05) is 0 Å². The van der Waals surface area contributed by atoms with Gasteiger partial charge in [0, 0.05) is 0 Å². The zero-order valence-corrected chi connectivity index (χ0v) is 7.91. The molecule has 68 valence electrons. The Hall–Kier alpha value is -1.33. The lowest BCUT2D eigenvalue weighted by molar-refractivity contribution is 0.198. The summed E-state index contributed by atoms with van der Waals surface area (Å²) >= 11 is 0. The Bertz CT molecular complexity index is 336. The molecular weight excluding hydrogens is 162 g/mol. The van der Waals surface area contributed by atoms with Crippen molar-refractivity contribution in [2.45, 2.75) is 26.4 Å². The molecule has 0 amide bonds. The van der Waals surface area contributed by atoms with Crippen molar-refractivity contribution in [3.63, 3.8) is 0 Å². The predicted octanol–water partition coefficient (Wildman–Crippen LogP) is 2.17. The van der Waals surface area contributed by atoms with E-state index in [0.717, 1.165) is 17.5 Å². The summed E-state index contributed by atoms with van der Waals surface area (Å²) in [5, 5.41) is 18.1. The van der Waals surface area contributed by atoms with Gasteiger partial charge in [-0.1, -0.05) is 13.0 Å². The molecule has 0 radical (unpaired) electrons. The van der Waals surface area contributed by atoms with Gasteiger partial charge in [-0.15, -0.1) is 0 Å². The molecule has 2 heteroatoms. The van der Waals surface area contributed by atoms with E-state index in [1.54, 1.807) is 13.0 Å². The Labute approximate surface area is 78.4 Å². The highest BCUT2D eigenvalue weighted by molar-refractivity contribution is 5.39. The lowest BCUT2D eigenvalue weighted by Gasteiger charge is -2.10. The molecular formula is C11H13NO. The van der Waals surface area contributed by atoms with E-state index in [9.17, 15) is 5.11 Å². The zero-order chi connectivity index (χ0) is 9.84. The van der Waals surface area contributed by atoms with Gasteiger partial charge in [0.2, 0.25) is 0 Å². The second-order valence-corrected chi connectivity index (χ2v) is 3.05. The van der Waals surface area contributed by atoms with Gasteiger partial charge in [-0.2, -0.15) is 5.26 Å². The number of nitrogens with zero attached hydrogens (tertiary/aromatic N) is 1. The van der Waals surface area contributed by atoms with Gasteiger partial charge >= 0.3 is 0 Å². The number of hydrogen-bond acceptors (Lipinski definition) is 2. The number of hydrogen-bond donors (Lipinski definition) is 1. The van der Waals surface area contributed by atoms with Crippen molar-refractivity contribution in [1.82, 2.24) is 0 Å². The highest BCUT2D eigenvalue weighted by Crippen LogP contribution is 2.19. The van der Waals surface area contributed by atoms with Crippen LogP contribution in [0.5, 0.6) is 0 Å². The fourth-order valence-corrected chi connectivity index (χ4v) is 1.39. The maximum absolute atomic E-state index is 9.42. The van der Waals surface area contributed by atoms with Crippen molar-refractivity contribution in [3.05, 3.63) is 34.9 Å². The number of aryl methyl sites for hydroxylation is 1. The van der Waals surface area contributed by atoms with Crippen molar-refractivity contribution >= 4 is 0 Å². The Morgan fingerprint density at radius 3 is 2.69 bits per heavy atom. The van der Waals surface area contributed by atoms with E-state index in [0.29, 0.717) is 5.56 Å². The van der Waals surface area contributed by atoms with Crippen LogP contribution in [-0.2, 0) is 6.42 Å². The molecule has 1 aromatic carbocycles. The summed E-state index contributed by atoms with van der Waals surface area (Å²) in [5.41, 5.74) is 2.62. The molecule has 0 bridgehead atoms. The van der Waals surface area contributed by atoms with Crippen LogP contribution >= 0.6 is 0 Å². The van der Waals surface area contributed by atoms with Crippen LogP contribution in [-0.4, -0.2) is 5.11 Å². The van der Waals surface area contributed by atoms with Crippen LogP contribution in [0.4, 0.5) is 0 Å². The maximum atomic E-state index is 9.42. The molecule has 1 N–H and O–H groups in total. The molecule has 2 nitrogen and oxygen atoms in total. The van der Waals surface area contributed by atoms with Crippen LogP contribution in [0, 0.1) is 11.3 Å². The Balaban J connectivity index is 3.17. The second kappa shape index (κ2) is 4.06. The number of aliphatic hydroxyl groups is 1. The van der Waals surface area contributed by atoms with E-state index in [4.69, 9.17) is 5.26 Å². The standard InChI is InChI=1S/C11H13NO/c1-3-10-6-9(7-12)4-5-11(10)8(2)13/h4-6,8,13H,3H2,1-2H3/t8-/m0/s1. The summed E-state index contributed by atoms with van der Waals surface area (Å²) in [6.07, 6.45) is 0.387. The number of aliphatic hydroxyl groups excluding tert-OH is 1. The first-order chi connectivity index (χ1) is 6.19. The molecule has 0 spiro atoms. The third-order valence-electron chi connectivity index (χ3n) is 2.10. The topological polar surface area (TPSA) is 44.0 Å². The van der Waals surface area contributed by atoms with E-state index >= 15 is 0 Å². The molecule has 0 heterocycles. The number of rotatable bonds is 2. The molecule has 1 aromatic rings. The van der Waals surface area contributed by atoms with E-state index in [-0.39, 0.29) is 0 Å². The second-order valence-electron chi connectivity index (χ2n) is 3.05. The maximum Gasteiger partial charge on any atom is 0.0991 e. The lowest BCUT2D eigenvalue weighted by Crippen LogP contribution is -1.97. The summed E-state index contributed by atoms with van der Waals surface area (Å²) in [5.74, 6) is 0. The predicted molar refractivity (Wildman–Crippen MR) is 51.2 cm³/mol. The highest BCUT2D eigenvalue weighted by Gasteiger charge is 2.06. The molecule has 0 aliphatic rings. The Morgan fingerprint density at radius 2 is 2.23 bits per heavy atom. The van der Waals surface area contributed by atoms with Gasteiger partial charge in [0.05, 0.1) is 17.7 Å². The average Bonchev–Trinajstić information content (AvgIpc) is 2.16. The Kier molecular flexibility index (Phi) is 3.05. The van der Waals surface area contributed by atoms with Gasteiger partial charge in [0.1, 0.15) is 0 Å². The van der Waals surface area contributed by atoms with Crippen LogP contribution in [0.25, 0.3) is 0 Å². The first-order valence-corrected chi connectivity index (χ1v) is 4.40. The van der Waals surface area contributed by atoms with Gasteiger partial charge in [0.15, 0.2) is 0 Å². The fraction of sp³-hybridized carbons (Fsp3) is 0.364. The van der Waals surface area contributed by atoms with Gasteiger partial charge in [-0.25, -0.2) is 0 Å². The molecule has 1 atom stereocenters. The summed E-state index contributed by atoms with van der Waals surface area (Å²) < 4.78 is 0.